The molecule has 1 aromatic rings. The zero-order chi connectivity index (χ0) is 16.2. The number of benzene rings is 1. The number of carbonyl (C=O) groups excluding carboxylic acids is 1. The molecule has 0 radical (unpaired) electrons. The number of methoxy groups -OCH3 is 1. The summed E-state index contributed by atoms with van der Waals surface area (Å²) in [5.41, 5.74) is 2.40. The van der Waals surface area contributed by atoms with E-state index >= 15 is 0 Å². The number of nitrogens with one attached hydrogen (secondary N) is 2. The standard InChI is InChI=1S/C17H27N3O2.HI/c1-4-5-11-18-17(19-12-10-16(21)22-3)20-13-15-8-6-14(2)7-9-15;/h6-9H,4-5,10-13H2,1-3H3,(H2,18,19,20);1H. The summed E-state index contributed by atoms with van der Waals surface area (Å²) in [6, 6.07) is 8.33. The second-order valence-electron chi connectivity index (χ2n) is 5.18. The Morgan fingerprint density at radius 2 is 1.83 bits per heavy atom. The monoisotopic (exact) mass is 433 g/mol. The quantitative estimate of drug-likeness (QED) is 0.218. The van der Waals surface area contributed by atoms with E-state index in [4.69, 9.17) is 0 Å². The van der Waals surface area contributed by atoms with Crippen molar-refractivity contribution in [3.8, 4) is 0 Å². The van der Waals surface area contributed by atoms with Gasteiger partial charge in [-0.05, 0) is 18.9 Å². The Kier molecular flexibility index (Phi) is 12.4. The molecule has 130 valence electrons. The van der Waals surface area contributed by atoms with Crippen LogP contribution in [0.2, 0.25) is 0 Å². The molecule has 0 spiro atoms. The van der Waals surface area contributed by atoms with Crippen LogP contribution in [0.15, 0.2) is 29.3 Å². The molecular weight excluding hydrogens is 405 g/mol. The molecule has 0 saturated heterocycles. The molecule has 0 unspecified atom stereocenters. The minimum absolute atomic E-state index is 0. The third-order valence-corrected chi connectivity index (χ3v) is 3.21. The number of unbranched alkanes of at least 4 members (excludes halogenated alkanes) is 1. The van der Waals surface area contributed by atoms with Gasteiger partial charge in [-0.3, -0.25) is 4.79 Å². The lowest BCUT2D eigenvalue weighted by molar-refractivity contribution is -0.140. The summed E-state index contributed by atoms with van der Waals surface area (Å²) >= 11 is 0. The molecule has 1 rings (SSSR count). The highest BCUT2D eigenvalue weighted by molar-refractivity contribution is 14.0. The van der Waals surface area contributed by atoms with Gasteiger partial charge in [-0.25, -0.2) is 4.99 Å². The largest absolute Gasteiger partial charge is 0.469 e. The van der Waals surface area contributed by atoms with E-state index in [0.29, 0.717) is 19.5 Å². The number of aliphatic imine (C=N–C) groups is 1. The Morgan fingerprint density at radius 1 is 1.17 bits per heavy atom. The van der Waals surface area contributed by atoms with E-state index in [1.165, 1.54) is 12.7 Å². The molecule has 0 aliphatic carbocycles. The van der Waals surface area contributed by atoms with Crippen LogP contribution in [0.1, 0.15) is 37.3 Å². The van der Waals surface area contributed by atoms with Gasteiger partial charge in [0.2, 0.25) is 0 Å². The van der Waals surface area contributed by atoms with E-state index in [1.807, 2.05) is 0 Å². The van der Waals surface area contributed by atoms with Crippen LogP contribution in [0.5, 0.6) is 0 Å². The summed E-state index contributed by atoms with van der Waals surface area (Å²) in [4.78, 5) is 15.7. The molecule has 6 heteroatoms. The number of rotatable bonds is 8. The lowest BCUT2D eigenvalue weighted by Crippen LogP contribution is -2.39. The molecule has 0 bridgehead atoms. The molecule has 0 heterocycles. The van der Waals surface area contributed by atoms with Gasteiger partial charge < -0.3 is 15.4 Å². The fraction of sp³-hybridized carbons (Fsp3) is 0.529. The smallest absolute Gasteiger partial charge is 0.307 e. The summed E-state index contributed by atoms with van der Waals surface area (Å²) in [5.74, 6) is 0.511. The zero-order valence-electron chi connectivity index (χ0n) is 14.2. The molecule has 1 aromatic carbocycles. The summed E-state index contributed by atoms with van der Waals surface area (Å²) < 4.78 is 4.63. The molecule has 2 N–H and O–H groups in total. The van der Waals surface area contributed by atoms with Crippen LogP contribution in [0.25, 0.3) is 0 Å². The molecule has 0 saturated carbocycles. The lowest BCUT2D eigenvalue weighted by Gasteiger charge is -2.12. The number of esters is 1. The fourth-order valence-corrected chi connectivity index (χ4v) is 1.81. The van der Waals surface area contributed by atoms with Gasteiger partial charge in [0.05, 0.1) is 20.1 Å². The van der Waals surface area contributed by atoms with Crippen molar-refractivity contribution in [3.63, 3.8) is 0 Å². The maximum atomic E-state index is 11.1. The maximum Gasteiger partial charge on any atom is 0.307 e. The van der Waals surface area contributed by atoms with E-state index in [1.54, 1.807) is 0 Å². The second-order valence-corrected chi connectivity index (χ2v) is 5.18. The average Bonchev–Trinajstić information content (AvgIpc) is 2.53. The Labute approximate surface area is 156 Å². The first-order valence-electron chi connectivity index (χ1n) is 7.80. The summed E-state index contributed by atoms with van der Waals surface area (Å²) in [6.45, 7) is 6.21. The number of ether oxygens (including phenoxy) is 1. The molecular formula is C17H28IN3O2. The Bertz CT molecular complexity index is 475. The van der Waals surface area contributed by atoms with Gasteiger partial charge in [0.15, 0.2) is 5.96 Å². The van der Waals surface area contributed by atoms with Crippen molar-refractivity contribution in [3.05, 3.63) is 35.4 Å². The Morgan fingerprint density at radius 3 is 2.43 bits per heavy atom. The van der Waals surface area contributed by atoms with Gasteiger partial charge in [0.1, 0.15) is 0 Å². The highest BCUT2D eigenvalue weighted by Crippen LogP contribution is 2.04. The predicted octanol–water partition coefficient (Wildman–Crippen LogP) is 3.01. The van der Waals surface area contributed by atoms with Crippen molar-refractivity contribution < 1.29 is 9.53 Å². The van der Waals surface area contributed by atoms with E-state index in [0.717, 1.165) is 30.9 Å². The van der Waals surface area contributed by atoms with Crippen molar-refractivity contribution in [2.75, 3.05) is 20.2 Å². The number of hydrogen-bond acceptors (Lipinski definition) is 3. The number of halogens is 1. The third kappa shape index (κ3) is 10.1. The van der Waals surface area contributed by atoms with E-state index in [-0.39, 0.29) is 29.9 Å². The van der Waals surface area contributed by atoms with Crippen LogP contribution in [0.3, 0.4) is 0 Å². The van der Waals surface area contributed by atoms with E-state index in [9.17, 15) is 4.79 Å². The highest BCUT2D eigenvalue weighted by atomic mass is 127. The highest BCUT2D eigenvalue weighted by Gasteiger charge is 2.02. The van der Waals surface area contributed by atoms with Gasteiger partial charge in [0.25, 0.3) is 0 Å². The summed E-state index contributed by atoms with van der Waals surface area (Å²) in [5, 5.41) is 6.44. The van der Waals surface area contributed by atoms with Crippen molar-refractivity contribution >= 4 is 35.9 Å². The molecule has 0 amide bonds. The van der Waals surface area contributed by atoms with Crippen LogP contribution in [-0.4, -0.2) is 32.1 Å². The normalized spacial score (nSPS) is 10.7. The first kappa shape index (κ1) is 21.7. The van der Waals surface area contributed by atoms with Crippen LogP contribution < -0.4 is 10.6 Å². The van der Waals surface area contributed by atoms with Crippen LogP contribution in [-0.2, 0) is 16.1 Å². The second kappa shape index (κ2) is 13.2. The SMILES string of the molecule is CCCCNC(=NCc1ccc(C)cc1)NCCC(=O)OC.I. The summed E-state index contributed by atoms with van der Waals surface area (Å²) in [7, 11) is 1.40. The minimum atomic E-state index is -0.223. The molecule has 23 heavy (non-hydrogen) atoms. The molecule has 0 fully saturated rings. The van der Waals surface area contributed by atoms with Gasteiger partial charge in [-0.15, -0.1) is 24.0 Å². The van der Waals surface area contributed by atoms with Crippen LogP contribution in [0.4, 0.5) is 0 Å². The minimum Gasteiger partial charge on any atom is -0.469 e. The fourth-order valence-electron chi connectivity index (χ4n) is 1.81. The van der Waals surface area contributed by atoms with Gasteiger partial charge in [-0.1, -0.05) is 43.2 Å². The maximum absolute atomic E-state index is 11.1. The van der Waals surface area contributed by atoms with Crippen LogP contribution in [0, 0.1) is 6.92 Å². The average molecular weight is 433 g/mol. The van der Waals surface area contributed by atoms with Crippen molar-refractivity contribution in [2.45, 2.75) is 39.7 Å². The predicted molar refractivity (Wildman–Crippen MR) is 105 cm³/mol. The number of nitrogens with zero attached hydrogens (tertiary/aromatic N) is 1. The van der Waals surface area contributed by atoms with Gasteiger partial charge in [-0.2, -0.15) is 0 Å². The lowest BCUT2D eigenvalue weighted by atomic mass is 10.1. The third-order valence-electron chi connectivity index (χ3n) is 3.21. The first-order chi connectivity index (χ1) is 10.7. The molecule has 0 aromatic heterocycles. The molecule has 0 aliphatic rings. The van der Waals surface area contributed by atoms with Crippen molar-refractivity contribution in [1.29, 1.82) is 0 Å². The van der Waals surface area contributed by atoms with Gasteiger partial charge in [0, 0.05) is 13.1 Å². The van der Waals surface area contributed by atoms with Crippen molar-refractivity contribution in [2.24, 2.45) is 4.99 Å². The molecule has 0 aliphatic heterocycles. The Hall–Kier alpha value is -1.31. The van der Waals surface area contributed by atoms with Crippen molar-refractivity contribution in [1.82, 2.24) is 10.6 Å². The van der Waals surface area contributed by atoms with E-state index < -0.39 is 0 Å². The van der Waals surface area contributed by atoms with Gasteiger partial charge >= 0.3 is 5.97 Å². The molecule has 0 atom stereocenters. The Balaban J connectivity index is 0.00000484. The first-order valence-corrected chi connectivity index (χ1v) is 7.80. The van der Waals surface area contributed by atoms with Crippen LogP contribution >= 0.6 is 24.0 Å². The van der Waals surface area contributed by atoms with E-state index in [2.05, 4.69) is 58.5 Å². The zero-order valence-corrected chi connectivity index (χ0v) is 16.6. The number of guanidine groups is 1. The number of aryl methyl sites for hydroxylation is 1. The number of carbonyl (C=O) groups is 1. The topological polar surface area (TPSA) is 62.7 Å². The number of hydrogen-bond donors (Lipinski definition) is 2. The molecule has 5 nitrogen and oxygen atoms in total. The summed E-state index contributed by atoms with van der Waals surface area (Å²) in [6.07, 6.45) is 2.54.